The average Bonchev–Trinajstić information content (AvgIpc) is 2.71. The number of likely N-dealkylation sites (tertiary alicyclic amines) is 2. The molecular weight excluding hydrogens is 352 g/mol. The Morgan fingerprint density at radius 1 is 1.39 bits per heavy atom. The molecule has 6 nitrogen and oxygen atoms in total. The molecule has 2 fully saturated rings. The molecule has 2 heterocycles. The van der Waals surface area contributed by atoms with Gasteiger partial charge in [-0.3, -0.25) is 15.0 Å². The van der Waals surface area contributed by atoms with Gasteiger partial charge in [0, 0.05) is 38.5 Å². The molecule has 2 saturated heterocycles. The van der Waals surface area contributed by atoms with Crippen molar-refractivity contribution in [1.29, 1.82) is 10.7 Å². The van der Waals surface area contributed by atoms with Crippen molar-refractivity contribution in [3.05, 3.63) is 35.4 Å². The van der Waals surface area contributed by atoms with Gasteiger partial charge in [-0.1, -0.05) is 19.1 Å². The van der Waals surface area contributed by atoms with Crippen LogP contribution in [0.15, 0.2) is 24.3 Å². The van der Waals surface area contributed by atoms with E-state index in [0.717, 1.165) is 18.4 Å². The highest BCUT2D eigenvalue weighted by Crippen LogP contribution is 2.43. The normalized spacial score (nSPS) is 26.7. The number of benzene rings is 1. The summed E-state index contributed by atoms with van der Waals surface area (Å²) in [5, 5.41) is 17.3. The molecule has 6 heteroatoms. The van der Waals surface area contributed by atoms with Crippen LogP contribution in [0.5, 0.6) is 0 Å². The highest BCUT2D eigenvalue weighted by molar-refractivity contribution is 5.99. The monoisotopic (exact) mass is 380 g/mol. The van der Waals surface area contributed by atoms with Crippen LogP contribution >= 0.6 is 0 Å². The lowest BCUT2D eigenvalue weighted by atomic mass is 9.67. The van der Waals surface area contributed by atoms with Gasteiger partial charge >= 0.3 is 0 Å². The molecular formula is C22H28N4O2. The number of amidine groups is 1. The molecule has 0 bridgehead atoms. The minimum atomic E-state index is -0.281. The number of piperidine rings is 2. The van der Waals surface area contributed by atoms with Crippen molar-refractivity contribution < 1.29 is 9.59 Å². The van der Waals surface area contributed by atoms with Crippen LogP contribution in [0.4, 0.5) is 0 Å². The van der Waals surface area contributed by atoms with Gasteiger partial charge in [-0.15, -0.1) is 0 Å². The summed E-state index contributed by atoms with van der Waals surface area (Å²) in [5.41, 5.74) is 1.18. The van der Waals surface area contributed by atoms with Crippen molar-refractivity contribution in [2.24, 2.45) is 11.3 Å². The summed E-state index contributed by atoms with van der Waals surface area (Å²) in [6.07, 6.45) is 2.86. The van der Waals surface area contributed by atoms with Crippen LogP contribution in [-0.2, 0) is 4.79 Å². The summed E-state index contributed by atoms with van der Waals surface area (Å²) >= 11 is 0. The number of amides is 2. The highest BCUT2D eigenvalue weighted by atomic mass is 16.2. The summed E-state index contributed by atoms with van der Waals surface area (Å²) < 4.78 is 0. The van der Waals surface area contributed by atoms with Gasteiger partial charge in [-0.25, -0.2) is 0 Å². The minimum Gasteiger partial charge on any atom is -0.338 e. The van der Waals surface area contributed by atoms with Gasteiger partial charge < -0.3 is 9.80 Å². The lowest BCUT2D eigenvalue weighted by molar-refractivity contribution is -0.131. The first kappa shape index (κ1) is 20.1. The van der Waals surface area contributed by atoms with Gasteiger partial charge in [0.05, 0.1) is 12.0 Å². The fourth-order valence-corrected chi connectivity index (χ4v) is 4.40. The van der Waals surface area contributed by atoms with E-state index in [9.17, 15) is 9.59 Å². The molecule has 2 unspecified atom stereocenters. The van der Waals surface area contributed by atoms with Crippen LogP contribution in [0.3, 0.4) is 0 Å². The standard InChI is InChI=1S/C22H28N4O2/c1-15(13-23)16-6-4-7-17(10-16)21(28)26-9-5-8-18(14-26)22(2)11-19(24)25(3)20(27)12-22/h4,6-7,10,15,18,24H,5,8-9,11-12,14H2,1-3H3/t15?,18?,22-/m0/s1. The molecule has 0 radical (unpaired) electrons. The van der Waals surface area contributed by atoms with Gasteiger partial charge in [0.1, 0.15) is 5.84 Å². The lowest BCUT2D eigenvalue weighted by Gasteiger charge is -2.46. The lowest BCUT2D eigenvalue weighted by Crippen LogP contribution is -2.51. The number of hydrogen-bond donors (Lipinski definition) is 1. The van der Waals surface area contributed by atoms with Crippen molar-refractivity contribution in [2.75, 3.05) is 20.1 Å². The summed E-state index contributed by atoms with van der Waals surface area (Å²) in [6, 6.07) is 9.54. The van der Waals surface area contributed by atoms with E-state index in [1.165, 1.54) is 4.90 Å². The smallest absolute Gasteiger partial charge is 0.253 e. The Hall–Kier alpha value is -2.68. The summed E-state index contributed by atoms with van der Waals surface area (Å²) in [7, 11) is 1.66. The number of nitrogens with zero attached hydrogens (tertiary/aromatic N) is 3. The highest BCUT2D eigenvalue weighted by Gasteiger charge is 2.44. The summed E-state index contributed by atoms with van der Waals surface area (Å²) in [6.45, 7) is 5.22. The predicted octanol–water partition coefficient (Wildman–Crippen LogP) is 3.40. The first-order chi connectivity index (χ1) is 13.2. The van der Waals surface area contributed by atoms with Gasteiger partial charge in [-0.2, -0.15) is 5.26 Å². The molecule has 3 atom stereocenters. The maximum atomic E-state index is 13.1. The van der Waals surface area contributed by atoms with Crippen LogP contribution < -0.4 is 0 Å². The zero-order valence-electron chi connectivity index (χ0n) is 16.9. The number of nitrogens with one attached hydrogen (secondary N) is 1. The third-order valence-corrected chi connectivity index (χ3v) is 6.43. The van der Waals surface area contributed by atoms with Crippen molar-refractivity contribution in [2.45, 2.75) is 45.4 Å². The third kappa shape index (κ3) is 3.80. The Balaban J connectivity index is 1.76. The fraction of sp³-hybridized carbons (Fsp3) is 0.545. The molecule has 28 heavy (non-hydrogen) atoms. The summed E-state index contributed by atoms with van der Waals surface area (Å²) in [5.74, 6) is 0.275. The quantitative estimate of drug-likeness (QED) is 0.871. The van der Waals surface area contributed by atoms with E-state index >= 15 is 0 Å². The molecule has 1 N–H and O–H groups in total. The topological polar surface area (TPSA) is 88.3 Å². The Morgan fingerprint density at radius 3 is 2.82 bits per heavy atom. The third-order valence-electron chi connectivity index (χ3n) is 6.43. The van der Waals surface area contributed by atoms with E-state index in [1.807, 2.05) is 30.0 Å². The Labute approximate surface area is 166 Å². The van der Waals surface area contributed by atoms with E-state index in [2.05, 4.69) is 13.0 Å². The largest absolute Gasteiger partial charge is 0.338 e. The van der Waals surface area contributed by atoms with Gasteiger partial charge in [0.2, 0.25) is 5.91 Å². The fourth-order valence-electron chi connectivity index (χ4n) is 4.40. The minimum absolute atomic E-state index is 0.0135. The molecule has 0 saturated carbocycles. The second-order valence-electron chi connectivity index (χ2n) is 8.47. The second kappa shape index (κ2) is 7.75. The van der Waals surface area contributed by atoms with Crippen LogP contribution in [0.25, 0.3) is 0 Å². The Morgan fingerprint density at radius 2 is 2.14 bits per heavy atom. The van der Waals surface area contributed by atoms with Crippen molar-refractivity contribution >= 4 is 17.6 Å². The Kier molecular flexibility index (Phi) is 5.55. The molecule has 3 rings (SSSR count). The molecule has 1 aromatic rings. The molecule has 2 aliphatic heterocycles. The first-order valence-corrected chi connectivity index (χ1v) is 9.88. The Bertz CT molecular complexity index is 823. The van der Waals surface area contributed by atoms with E-state index in [1.54, 1.807) is 13.1 Å². The van der Waals surface area contributed by atoms with Crippen LogP contribution in [-0.4, -0.2) is 47.6 Å². The molecule has 2 aliphatic rings. The van der Waals surface area contributed by atoms with Gasteiger partial charge in [0.25, 0.3) is 5.91 Å². The zero-order valence-corrected chi connectivity index (χ0v) is 16.9. The first-order valence-electron chi connectivity index (χ1n) is 9.88. The van der Waals surface area contributed by atoms with E-state index in [4.69, 9.17) is 10.7 Å². The molecule has 0 spiro atoms. The molecule has 0 aromatic heterocycles. The maximum absolute atomic E-state index is 13.1. The SMILES string of the molecule is CC(C#N)c1cccc(C(=O)N2CCCC([C@@]3(C)CC(=N)N(C)C(=O)C3)C2)c1. The molecule has 2 amide bonds. The van der Waals surface area contributed by atoms with E-state index < -0.39 is 0 Å². The van der Waals surface area contributed by atoms with Crippen LogP contribution in [0.1, 0.15) is 61.4 Å². The maximum Gasteiger partial charge on any atom is 0.253 e. The van der Waals surface area contributed by atoms with Crippen molar-refractivity contribution in [1.82, 2.24) is 9.80 Å². The van der Waals surface area contributed by atoms with Crippen molar-refractivity contribution in [3.8, 4) is 6.07 Å². The number of nitriles is 1. The summed E-state index contributed by atoms with van der Waals surface area (Å²) in [4.78, 5) is 28.7. The molecule has 148 valence electrons. The number of carbonyl (C=O) groups excluding carboxylic acids is 2. The van der Waals surface area contributed by atoms with E-state index in [0.29, 0.717) is 37.3 Å². The number of hydrogen-bond acceptors (Lipinski definition) is 4. The van der Waals surface area contributed by atoms with E-state index in [-0.39, 0.29) is 29.1 Å². The van der Waals surface area contributed by atoms with Crippen LogP contribution in [0, 0.1) is 28.1 Å². The van der Waals surface area contributed by atoms with Gasteiger partial charge in [-0.05, 0) is 48.8 Å². The van der Waals surface area contributed by atoms with Gasteiger partial charge in [0.15, 0.2) is 0 Å². The average molecular weight is 380 g/mol. The molecule has 1 aromatic carbocycles. The number of carbonyl (C=O) groups is 2. The predicted molar refractivity (Wildman–Crippen MR) is 107 cm³/mol. The number of rotatable bonds is 3. The van der Waals surface area contributed by atoms with Crippen LogP contribution in [0.2, 0.25) is 0 Å². The zero-order chi connectivity index (χ0) is 20.5. The van der Waals surface area contributed by atoms with Crippen molar-refractivity contribution in [3.63, 3.8) is 0 Å². The second-order valence-corrected chi connectivity index (χ2v) is 8.47. The molecule has 0 aliphatic carbocycles.